The maximum absolute atomic E-state index is 5.97. The summed E-state index contributed by atoms with van der Waals surface area (Å²) in [6, 6.07) is 0.462. The Labute approximate surface area is 122 Å². The van der Waals surface area contributed by atoms with Crippen LogP contribution in [0.2, 0.25) is 0 Å². The lowest BCUT2D eigenvalue weighted by Crippen LogP contribution is -2.51. The number of hydrogen-bond donors (Lipinski definition) is 1. The zero-order valence-electron chi connectivity index (χ0n) is 13.5. The molecule has 0 aliphatic heterocycles. The van der Waals surface area contributed by atoms with E-state index in [9.17, 15) is 0 Å². The van der Waals surface area contributed by atoms with Gasteiger partial charge in [0.2, 0.25) is 0 Å². The minimum absolute atomic E-state index is 0.154. The van der Waals surface area contributed by atoms with E-state index in [0.717, 1.165) is 13.0 Å². The number of nitrogens with zero attached hydrogens (tertiary/aromatic N) is 2. The number of nitrogens with two attached hydrogens (primary N) is 1. The first-order chi connectivity index (χ1) is 9.43. The maximum atomic E-state index is 5.97. The van der Waals surface area contributed by atoms with Crippen molar-refractivity contribution in [1.29, 1.82) is 0 Å². The fourth-order valence-electron chi connectivity index (χ4n) is 3.42. The molecule has 1 aromatic rings. The highest BCUT2D eigenvalue weighted by molar-refractivity contribution is 5.14. The SMILES string of the molecule is CCOC1CC(n2cncc2C(CN)C(C)C)C1(C)C. The predicted octanol–water partition coefficient (Wildman–Crippen LogP) is 2.96. The molecule has 1 saturated carbocycles. The van der Waals surface area contributed by atoms with Crippen molar-refractivity contribution < 1.29 is 4.74 Å². The Morgan fingerprint density at radius 1 is 1.50 bits per heavy atom. The first kappa shape index (κ1) is 15.5. The summed E-state index contributed by atoms with van der Waals surface area (Å²) in [7, 11) is 0. The summed E-state index contributed by atoms with van der Waals surface area (Å²) in [5.74, 6) is 0.903. The lowest BCUT2D eigenvalue weighted by Gasteiger charge is -2.52. The summed E-state index contributed by atoms with van der Waals surface area (Å²) < 4.78 is 8.18. The minimum atomic E-state index is 0.154. The van der Waals surface area contributed by atoms with E-state index >= 15 is 0 Å². The van der Waals surface area contributed by atoms with Crippen molar-refractivity contribution in [2.75, 3.05) is 13.2 Å². The number of ether oxygens (including phenoxy) is 1. The number of rotatable bonds is 6. The fourth-order valence-corrected chi connectivity index (χ4v) is 3.42. The highest BCUT2D eigenvalue weighted by atomic mass is 16.5. The molecule has 1 fully saturated rings. The molecule has 2 rings (SSSR count). The molecule has 4 nitrogen and oxygen atoms in total. The molecule has 114 valence electrons. The number of imidazole rings is 1. The third-order valence-electron chi connectivity index (χ3n) is 4.96. The van der Waals surface area contributed by atoms with Crippen LogP contribution in [0.5, 0.6) is 0 Å². The summed E-state index contributed by atoms with van der Waals surface area (Å²) >= 11 is 0. The van der Waals surface area contributed by atoms with Crippen LogP contribution in [0.3, 0.4) is 0 Å². The normalized spacial score (nSPS) is 26.6. The Hall–Kier alpha value is -0.870. The van der Waals surface area contributed by atoms with Crippen LogP contribution in [0.25, 0.3) is 0 Å². The van der Waals surface area contributed by atoms with Crippen LogP contribution in [0.15, 0.2) is 12.5 Å². The van der Waals surface area contributed by atoms with Gasteiger partial charge >= 0.3 is 0 Å². The Balaban J connectivity index is 2.22. The fraction of sp³-hybridized carbons (Fsp3) is 0.812. The molecule has 3 unspecified atom stereocenters. The van der Waals surface area contributed by atoms with Crippen molar-refractivity contribution in [2.24, 2.45) is 17.1 Å². The summed E-state index contributed by atoms with van der Waals surface area (Å²) in [4.78, 5) is 4.38. The van der Waals surface area contributed by atoms with Gasteiger partial charge < -0.3 is 15.0 Å². The van der Waals surface area contributed by atoms with Gasteiger partial charge in [-0.3, -0.25) is 0 Å². The van der Waals surface area contributed by atoms with E-state index in [2.05, 4.69) is 44.2 Å². The standard InChI is InChI=1S/C16H29N3O/c1-6-20-15-7-14(16(15,4)5)19-10-18-9-13(19)12(8-17)11(2)3/h9-12,14-15H,6-8,17H2,1-5H3. The van der Waals surface area contributed by atoms with Gasteiger partial charge in [-0.2, -0.15) is 0 Å². The summed E-state index contributed by atoms with van der Waals surface area (Å²) in [5.41, 5.74) is 7.40. The van der Waals surface area contributed by atoms with E-state index in [-0.39, 0.29) is 5.41 Å². The highest BCUT2D eigenvalue weighted by Crippen LogP contribution is 2.52. The third kappa shape index (κ3) is 2.51. The zero-order chi connectivity index (χ0) is 14.9. The molecule has 1 aliphatic carbocycles. The van der Waals surface area contributed by atoms with Crippen molar-refractivity contribution in [3.8, 4) is 0 Å². The first-order valence-corrected chi connectivity index (χ1v) is 7.76. The van der Waals surface area contributed by atoms with Crippen LogP contribution in [-0.2, 0) is 4.74 Å². The van der Waals surface area contributed by atoms with Gasteiger partial charge in [-0.05, 0) is 19.3 Å². The van der Waals surface area contributed by atoms with E-state index in [4.69, 9.17) is 10.5 Å². The van der Waals surface area contributed by atoms with Gasteiger partial charge in [0.25, 0.3) is 0 Å². The van der Waals surface area contributed by atoms with E-state index in [1.807, 2.05) is 12.5 Å². The van der Waals surface area contributed by atoms with Gasteiger partial charge in [-0.15, -0.1) is 0 Å². The molecule has 4 heteroatoms. The van der Waals surface area contributed by atoms with Gasteiger partial charge in [-0.25, -0.2) is 4.98 Å². The van der Waals surface area contributed by atoms with Crippen LogP contribution in [-0.4, -0.2) is 28.8 Å². The average molecular weight is 279 g/mol. The van der Waals surface area contributed by atoms with Crippen molar-refractivity contribution in [1.82, 2.24) is 9.55 Å². The molecule has 3 atom stereocenters. The van der Waals surface area contributed by atoms with E-state index in [1.165, 1.54) is 5.69 Å². The lowest BCUT2D eigenvalue weighted by molar-refractivity contribution is -0.128. The lowest BCUT2D eigenvalue weighted by atomic mass is 9.64. The topological polar surface area (TPSA) is 53.1 Å². The Morgan fingerprint density at radius 3 is 2.70 bits per heavy atom. The monoisotopic (exact) mass is 279 g/mol. The zero-order valence-corrected chi connectivity index (χ0v) is 13.5. The van der Waals surface area contributed by atoms with Gasteiger partial charge in [0, 0.05) is 42.4 Å². The highest BCUT2D eigenvalue weighted by Gasteiger charge is 2.50. The minimum Gasteiger partial charge on any atom is -0.378 e. The summed E-state index contributed by atoms with van der Waals surface area (Å²) in [6.45, 7) is 12.6. The van der Waals surface area contributed by atoms with Gasteiger partial charge in [0.15, 0.2) is 0 Å². The molecule has 0 spiro atoms. The van der Waals surface area contributed by atoms with Crippen molar-refractivity contribution >= 4 is 0 Å². The molecule has 0 radical (unpaired) electrons. The van der Waals surface area contributed by atoms with Crippen LogP contribution in [0.1, 0.15) is 58.7 Å². The van der Waals surface area contributed by atoms with E-state index in [1.54, 1.807) is 0 Å². The van der Waals surface area contributed by atoms with E-state index in [0.29, 0.717) is 30.5 Å². The molecule has 0 saturated heterocycles. The summed E-state index contributed by atoms with van der Waals surface area (Å²) in [5, 5.41) is 0. The van der Waals surface area contributed by atoms with Crippen LogP contribution < -0.4 is 5.73 Å². The summed E-state index contributed by atoms with van der Waals surface area (Å²) in [6.07, 6.45) is 5.37. The van der Waals surface area contributed by atoms with Gasteiger partial charge in [0.1, 0.15) is 0 Å². The molecule has 2 N–H and O–H groups in total. The molecule has 1 aliphatic rings. The van der Waals surface area contributed by atoms with Crippen LogP contribution in [0, 0.1) is 11.3 Å². The van der Waals surface area contributed by atoms with Gasteiger partial charge in [0.05, 0.1) is 12.4 Å². The molecular formula is C16H29N3O. The van der Waals surface area contributed by atoms with Crippen LogP contribution in [0.4, 0.5) is 0 Å². The quantitative estimate of drug-likeness (QED) is 0.871. The molecular weight excluding hydrogens is 250 g/mol. The van der Waals surface area contributed by atoms with E-state index < -0.39 is 0 Å². The Morgan fingerprint density at radius 2 is 2.20 bits per heavy atom. The van der Waals surface area contributed by atoms with Crippen molar-refractivity contribution in [2.45, 2.75) is 59.1 Å². The molecule has 20 heavy (non-hydrogen) atoms. The third-order valence-corrected chi connectivity index (χ3v) is 4.96. The average Bonchev–Trinajstić information content (AvgIpc) is 2.83. The molecule has 1 aromatic heterocycles. The van der Waals surface area contributed by atoms with Crippen molar-refractivity contribution in [3.05, 3.63) is 18.2 Å². The second-order valence-electron chi connectivity index (χ2n) is 6.83. The largest absolute Gasteiger partial charge is 0.378 e. The smallest absolute Gasteiger partial charge is 0.0951 e. The maximum Gasteiger partial charge on any atom is 0.0951 e. The van der Waals surface area contributed by atoms with Crippen LogP contribution >= 0.6 is 0 Å². The number of hydrogen-bond acceptors (Lipinski definition) is 3. The Bertz CT molecular complexity index is 439. The molecule has 0 amide bonds. The van der Waals surface area contributed by atoms with Gasteiger partial charge in [-0.1, -0.05) is 27.7 Å². The van der Waals surface area contributed by atoms with Crippen molar-refractivity contribution in [3.63, 3.8) is 0 Å². The molecule has 0 aromatic carbocycles. The molecule has 0 bridgehead atoms. The first-order valence-electron chi connectivity index (χ1n) is 7.76. The second kappa shape index (κ2) is 5.86. The molecule has 1 heterocycles. The second-order valence-corrected chi connectivity index (χ2v) is 6.83. The predicted molar refractivity (Wildman–Crippen MR) is 81.7 cm³/mol. The number of aromatic nitrogens is 2. The Kier molecular flexibility index (Phi) is 4.55.